The van der Waals surface area contributed by atoms with Gasteiger partial charge in [0.05, 0.1) is 38.5 Å². The summed E-state index contributed by atoms with van der Waals surface area (Å²) in [4.78, 5) is 35.1. The van der Waals surface area contributed by atoms with E-state index in [0.29, 0.717) is 5.56 Å². The number of benzene rings is 2. The molecule has 14 heteroatoms. The van der Waals surface area contributed by atoms with Gasteiger partial charge in [-0.05, 0) is 46.0 Å². The van der Waals surface area contributed by atoms with Gasteiger partial charge in [-0.25, -0.2) is 18.7 Å². The highest BCUT2D eigenvalue weighted by Crippen LogP contribution is 2.37. The summed E-state index contributed by atoms with van der Waals surface area (Å²) in [6.07, 6.45) is 2.51. The number of Topliss-reactive ketones (excluding diaryl/α,β-unsaturated/α-hetero) is 1. The Bertz CT molecular complexity index is 1630. The summed E-state index contributed by atoms with van der Waals surface area (Å²) in [5.74, 6) is -2.66. The molecule has 1 atom stereocenters. The van der Waals surface area contributed by atoms with Gasteiger partial charge in [0, 0.05) is 23.8 Å². The Morgan fingerprint density at radius 1 is 1.17 bits per heavy atom. The van der Waals surface area contributed by atoms with Crippen molar-refractivity contribution in [1.29, 1.82) is 0 Å². The largest absolute Gasteiger partial charge is 0.467 e. The van der Waals surface area contributed by atoms with Crippen molar-refractivity contribution in [2.24, 2.45) is 7.05 Å². The molecule has 0 bridgehead atoms. The van der Waals surface area contributed by atoms with Gasteiger partial charge < -0.3 is 14.8 Å². The average molecular weight is 584 g/mol. The highest BCUT2D eigenvalue weighted by molar-refractivity contribution is 6.31. The van der Waals surface area contributed by atoms with Gasteiger partial charge in [-0.2, -0.15) is 4.80 Å². The lowest BCUT2D eigenvalue weighted by atomic mass is 9.83. The van der Waals surface area contributed by atoms with Crippen molar-refractivity contribution < 1.29 is 27.8 Å². The number of carbonyl (C=O) groups excluding carboxylic acids is 2. The average Bonchev–Trinajstić information content (AvgIpc) is 3.35. The third-order valence-corrected chi connectivity index (χ3v) is 7.00. The number of methoxy groups -OCH3 is 1. The Morgan fingerprint density at radius 2 is 1.90 bits per heavy atom. The van der Waals surface area contributed by atoms with Crippen LogP contribution in [0.4, 0.5) is 8.78 Å². The fourth-order valence-electron chi connectivity index (χ4n) is 4.53. The summed E-state index contributed by atoms with van der Waals surface area (Å²) in [5.41, 5.74) is -0.178. The second-order valence-corrected chi connectivity index (χ2v) is 10.1. The fraction of sp³-hybridized carbons (Fsp3) is 0.296. The zero-order valence-electron chi connectivity index (χ0n) is 22.2. The molecule has 0 saturated carbocycles. The van der Waals surface area contributed by atoms with E-state index in [9.17, 15) is 14.0 Å². The van der Waals surface area contributed by atoms with Gasteiger partial charge in [-0.15, -0.1) is 10.2 Å². The van der Waals surface area contributed by atoms with Gasteiger partial charge >= 0.3 is 6.01 Å². The Labute approximate surface area is 237 Å². The maximum absolute atomic E-state index is 15.5. The molecule has 4 aromatic rings. The molecule has 1 N–H and O–H groups in total. The van der Waals surface area contributed by atoms with Crippen molar-refractivity contribution in [1.82, 2.24) is 35.5 Å². The highest BCUT2D eigenvalue weighted by atomic mass is 35.5. The zero-order chi connectivity index (χ0) is 29.3. The predicted molar refractivity (Wildman–Crippen MR) is 142 cm³/mol. The van der Waals surface area contributed by atoms with Crippen LogP contribution in [-0.4, -0.2) is 67.7 Å². The standard InChI is InChI=1S/C27H24ClF2N7O4/c1-14(6-22(38)27(12-41-13-27)33-25(39)16-10-31-26(40-3)32-11-16)18-5-4-15(7-20(18)29)19-8-17(28)9-21(30)23(19)24-34-36-37(2)35-24/h4-5,7-11,14H,6,12-13H2,1-3H3,(H,33,39)/t14-/m0/s1. The highest BCUT2D eigenvalue weighted by Gasteiger charge is 2.47. The van der Waals surface area contributed by atoms with Crippen molar-refractivity contribution >= 4 is 23.3 Å². The van der Waals surface area contributed by atoms with E-state index in [2.05, 4.69) is 30.7 Å². The van der Waals surface area contributed by atoms with Crippen molar-refractivity contribution in [3.8, 4) is 28.5 Å². The Morgan fingerprint density at radius 3 is 2.49 bits per heavy atom. The number of hydrogen-bond donors (Lipinski definition) is 1. The molecule has 1 amide bonds. The number of amides is 1. The molecule has 3 heterocycles. The minimum absolute atomic E-state index is 0.0117. The Balaban J connectivity index is 1.35. The number of carbonyl (C=O) groups is 2. The number of aromatic nitrogens is 6. The number of halogens is 3. The molecule has 2 aromatic carbocycles. The van der Waals surface area contributed by atoms with E-state index in [1.54, 1.807) is 20.0 Å². The molecule has 1 aliphatic rings. The van der Waals surface area contributed by atoms with Gasteiger partial charge in [0.15, 0.2) is 5.78 Å². The minimum atomic E-state index is -1.25. The van der Waals surface area contributed by atoms with E-state index in [1.807, 2.05) is 0 Å². The molecule has 212 valence electrons. The Kier molecular flexibility index (Phi) is 7.74. The van der Waals surface area contributed by atoms with Gasteiger partial charge in [-0.1, -0.05) is 30.7 Å². The van der Waals surface area contributed by atoms with Crippen molar-refractivity contribution in [2.75, 3.05) is 20.3 Å². The van der Waals surface area contributed by atoms with Crippen LogP contribution in [0.15, 0.2) is 42.7 Å². The van der Waals surface area contributed by atoms with Crippen molar-refractivity contribution in [2.45, 2.75) is 24.8 Å². The summed E-state index contributed by atoms with van der Waals surface area (Å²) >= 11 is 6.11. The van der Waals surface area contributed by atoms with Crippen LogP contribution in [0.2, 0.25) is 5.02 Å². The van der Waals surface area contributed by atoms with Crippen LogP contribution in [0.25, 0.3) is 22.5 Å². The lowest BCUT2D eigenvalue weighted by Gasteiger charge is -2.41. The van der Waals surface area contributed by atoms with E-state index in [4.69, 9.17) is 21.1 Å². The first-order chi connectivity index (χ1) is 19.6. The summed E-state index contributed by atoms with van der Waals surface area (Å²) in [7, 11) is 2.94. The molecular formula is C27H24ClF2N7O4. The normalized spacial score (nSPS) is 14.7. The monoisotopic (exact) mass is 583 g/mol. The quantitative estimate of drug-likeness (QED) is 0.314. The number of hydrogen-bond acceptors (Lipinski definition) is 9. The number of nitrogens with one attached hydrogen (secondary N) is 1. The molecule has 0 spiro atoms. The molecule has 41 heavy (non-hydrogen) atoms. The SMILES string of the molecule is COc1ncc(C(=O)NC2(C(=O)C[C@H](C)c3ccc(-c4cc(Cl)cc(F)c4-c4nnn(C)n4)cc3F)COC2)cn1. The smallest absolute Gasteiger partial charge is 0.316 e. The summed E-state index contributed by atoms with van der Waals surface area (Å²) in [6, 6.07) is 7.10. The molecule has 0 unspecified atom stereocenters. The number of tetrazole rings is 1. The van der Waals surface area contributed by atoms with Gasteiger partial charge in [0.1, 0.15) is 17.2 Å². The number of rotatable bonds is 9. The first-order valence-corrected chi connectivity index (χ1v) is 12.8. The molecule has 1 saturated heterocycles. The maximum atomic E-state index is 15.5. The van der Waals surface area contributed by atoms with E-state index < -0.39 is 29.0 Å². The molecule has 2 aromatic heterocycles. The van der Waals surface area contributed by atoms with E-state index >= 15 is 4.39 Å². The number of ether oxygens (including phenoxy) is 2. The molecular weight excluding hydrogens is 560 g/mol. The van der Waals surface area contributed by atoms with E-state index in [0.717, 1.165) is 6.07 Å². The van der Waals surface area contributed by atoms with Crippen LogP contribution in [0.1, 0.15) is 35.2 Å². The van der Waals surface area contributed by atoms with Gasteiger partial charge in [0.25, 0.3) is 5.91 Å². The van der Waals surface area contributed by atoms with Crippen LogP contribution >= 0.6 is 11.6 Å². The topological polar surface area (TPSA) is 134 Å². The molecule has 0 radical (unpaired) electrons. The lowest BCUT2D eigenvalue weighted by Crippen LogP contribution is -2.67. The van der Waals surface area contributed by atoms with Crippen molar-refractivity contribution in [3.05, 3.63) is 70.5 Å². The number of aryl methyl sites for hydroxylation is 1. The second-order valence-electron chi connectivity index (χ2n) is 9.66. The fourth-order valence-corrected chi connectivity index (χ4v) is 4.73. The molecule has 0 aliphatic carbocycles. The number of ketones is 1. The van der Waals surface area contributed by atoms with Crippen molar-refractivity contribution in [3.63, 3.8) is 0 Å². The van der Waals surface area contributed by atoms with Crippen LogP contribution < -0.4 is 10.1 Å². The summed E-state index contributed by atoms with van der Waals surface area (Å²) < 4.78 is 40.6. The first-order valence-electron chi connectivity index (χ1n) is 12.4. The van der Waals surface area contributed by atoms with Gasteiger partial charge in [0.2, 0.25) is 5.82 Å². The maximum Gasteiger partial charge on any atom is 0.316 e. The lowest BCUT2D eigenvalue weighted by molar-refractivity contribution is -0.144. The third-order valence-electron chi connectivity index (χ3n) is 6.78. The molecule has 11 nitrogen and oxygen atoms in total. The van der Waals surface area contributed by atoms with E-state index in [-0.39, 0.29) is 64.5 Å². The minimum Gasteiger partial charge on any atom is -0.467 e. The van der Waals surface area contributed by atoms with E-state index in [1.165, 1.54) is 42.5 Å². The van der Waals surface area contributed by atoms with Crippen LogP contribution in [0.3, 0.4) is 0 Å². The van der Waals surface area contributed by atoms with Gasteiger partial charge in [-0.3, -0.25) is 9.59 Å². The van der Waals surface area contributed by atoms with Crippen LogP contribution in [0, 0.1) is 11.6 Å². The summed E-state index contributed by atoms with van der Waals surface area (Å²) in [5, 5.41) is 14.5. The first kappa shape index (κ1) is 28.2. The Hall–Kier alpha value is -4.36. The molecule has 1 fully saturated rings. The predicted octanol–water partition coefficient (Wildman–Crippen LogP) is 3.54. The second kappa shape index (κ2) is 11.3. The molecule has 5 rings (SSSR count). The zero-order valence-corrected chi connectivity index (χ0v) is 22.9. The summed E-state index contributed by atoms with van der Waals surface area (Å²) in [6.45, 7) is 1.68. The molecule has 1 aliphatic heterocycles. The third kappa shape index (κ3) is 5.63. The van der Waals surface area contributed by atoms with Crippen LogP contribution in [0.5, 0.6) is 6.01 Å². The number of nitrogens with zero attached hydrogens (tertiary/aromatic N) is 6. The van der Waals surface area contributed by atoms with Crippen LogP contribution in [-0.2, 0) is 16.6 Å².